The quantitative estimate of drug-likeness (QED) is 0.615. The third-order valence-corrected chi connectivity index (χ3v) is 5.03. The third kappa shape index (κ3) is 3.89. The second-order valence-corrected chi connectivity index (χ2v) is 6.80. The van der Waals surface area contributed by atoms with Crippen molar-refractivity contribution >= 4 is 17.6 Å². The molecule has 1 aromatic rings. The Labute approximate surface area is 143 Å². The normalized spacial score (nSPS) is 23.1. The summed E-state index contributed by atoms with van der Waals surface area (Å²) in [5.41, 5.74) is 1.10. The molecule has 2 fully saturated rings. The minimum Gasteiger partial charge on any atom is -0.426 e. The molecule has 1 saturated carbocycles. The monoisotopic (exact) mass is 330 g/mol. The van der Waals surface area contributed by atoms with Crippen molar-refractivity contribution in [1.29, 1.82) is 0 Å². The number of nitrogens with zero attached hydrogens (tertiary/aromatic N) is 2. The zero-order valence-corrected chi connectivity index (χ0v) is 14.5. The van der Waals surface area contributed by atoms with Crippen molar-refractivity contribution in [2.45, 2.75) is 33.1 Å². The van der Waals surface area contributed by atoms with Crippen LogP contribution in [0.4, 0.5) is 5.69 Å². The average Bonchev–Trinajstić information content (AvgIpc) is 3.35. The van der Waals surface area contributed by atoms with E-state index in [9.17, 15) is 9.59 Å². The number of hydrogen-bond donors (Lipinski definition) is 0. The first kappa shape index (κ1) is 16.8. The number of amides is 1. The average molecular weight is 330 g/mol. The van der Waals surface area contributed by atoms with Crippen LogP contribution in [0.1, 0.15) is 33.1 Å². The van der Waals surface area contributed by atoms with Crippen molar-refractivity contribution < 1.29 is 14.3 Å². The van der Waals surface area contributed by atoms with E-state index >= 15 is 0 Å². The Kier molecular flexibility index (Phi) is 5.07. The standard InChI is InChI=1S/C19H26N2O3/c1-3-4-15-13-18(15)19(23)24-17-7-5-16(6-8-17)21-11-9-20(10-12-21)14(2)22/h5-8,15,18H,3-4,9-13H2,1-2H3/t15-,18+/m1/s1. The molecule has 2 aliphatic rings. The van der Waals surface area contributed by atoms with E-state index < -0.39 is 0 Å². The van der Waals surface area contributed by atoms with Gasteiger partial charge < -0.3 is 14.5 Å². The molecule has 0 unspecified atom stereocenters. The summed E-state index contributed by atoms with van der Waals surface area (Å²) in [5, 5.41) is 0. The van der Waals surface area contributed by atoms with Crippen molar-refractivity contribution in [3.05, 3.63) is 24.3 Å². The summed E-state index contributed by atoms with van der Waals surface area (Å²) in [6.07, 6.45) is 3.22. The first-order chi connectivity index (χ1) is 11.6. The summed E-state index contributed by atoms with van der Waals surface area (Å²) in [4.78, 5) is 27.6. The Hall–Kier alpha value is -2.04. The van der Waals surface area contributed by atoms with Gasteiger partial charge in [0.2, 0.25) is 5.91 Å². The van der Waals surface area contributed by atoms with E-state index in [4.69, 9.17) is 4.74 Å². The van der Waals surface area contributed by atoms with Crippen molar-refractivity contribution in [3.8, 4) is 5.75 Å². The number of ether oxygens (including phenoxy) is 1. The zero-order valence-electron chi connectivity index (χ0n) is 14.5. The van der Waals surface area contributed by atoms with E-state index in [0.29, 0.717) is 11.7 Å². The number of hydrogen-bond acceptors (Lipinski definition) is 4. The Bertz CT molecular complexity index is 591. The fourth-order valence-electron chi connectivity index (χ4n) is 3.42. The third-order valence-electron chi connectivity index (χ3n) is 5.03. The molecule has 2 atom stereocenters. The number of piperazine rings is 1. The van der Waals surface area contributed by atoms with Gasteiger partial charge in [-0.25, -0.2) is 0 Å². The van der Waals surface area contributed by atoms with E-state index in [0.717, 1.165) is 51.1 Å². The number of benzene rings is 1. The second-order valence-electron chi connectivity index (χ2n) is 6.80. The van der Waals surface area contributed by atoms with Crippen molar-refractivity contribution in [1.82, 2.24) is 4.90 Å². The molecule has 130 valence electrons. The summed E-state index contributed by atoms with van der Waals surface area (Å²) in [6, 6.07) is 7.70. The van der Waals surface area contributed by atoms with Crippen molar-refractivity contribution in [3.63, 3.8) is 0 Å². The summed E-state index contributed by atoms with van der Waals surface area (Å²) in [5.74, 6) is 1.30. The lowest BCUT2D eigenvalue weighted by atomic mass is 10.2. The second kappa shape index (κ2) is 7.24. The Morgan fingerprint density at radius 2 is 1.79 bits per heavy atom. The first-order valence-electron chi connectivity index (χ1n) is 8.90. The van der Waals surface area contributed by atoms with Gasteiger partial charge in [-0.2, -0.15) is 0 Å². The summed E-state index contributed by atoms with van der Waals surface area (Å²) < 4.78 is 5.50. The molecule has 1 aromatic carbocycles. The number of anilines is 1. The SMILES string of the molecule is CCC[C@@H]1C[C@@H]1C(=O)Oc1ccc(N2CCN(C(C)=O)CC2)cc1. The van der Waals surface area contributed by atoms with Crippen LogP contribution in [0.2, 0.25) is 0 Å². The predicted octanol–water partition coefficient (Wildman–Crippen LogP) is 2.70. The van der Waals surface area contributed by atoms with Gasteiger partial charge in [0.1, 0.15) is 5.75 Å². The largest absolute Gasteiger partial charge is 0.426 e. The molecule has 0 radical (unpaired) electrons. The molecule has 1 aliphatic carbocycles. The minimum atomic E-state index is -0.0868. The molecule has 5 heteroatoms. The van der Waals surface area contributed by atoms with Gasteiger partial charge in [0.05, 0.1) is 5.92 Å². The van der Waals surface area contributed by atoms with Crippen LogP contribution in [-0.2, 0) is 9.59 Å². The minimum absolute atomic E-state index is 0.0868. The van der Waals surface area contributed by atoms with E-state index in [1.807, 2.05) is 29.2 Å². The van der Waals surface area contributed by atoms with E-state index in [-0.39, 0.29) is 17.8 Å². The van der Waals surface area contributed by atoms with Gasteiger partial charge in [-0.3, -0.25) is 9.59 Å². The Morgan fingerprint density at radius 3 is 2.38 bits per heavy atom. The van der Waals surface area contributed by atoms with Crippen molar-refractivity contribution in [2.75, 3.05) is 31.1 Å². The van der Waals surface area contributed by atoms with Gasteiger partial charge in [-0.05, 0) is 43.0 Å². The first-order valence-corrected chi connectivity index (χ1v) is 8.90. The lowest BCUT2D eigenvalue weighted by molar-refractivity contribution is -0.136. The van der Waals surface area contributed by atoms with Gasteiger partial charge in [0, 0.05) is 38.8 Å². The molecule has 0 spiro atoms. The molecule has 24 heavy (non-hydrogen) atoms. The van der Waals surface area contributed by atoms with Crippen LogP contribution in [0, 0.1) is 11.8 Å². The van der Waals surface area contributed by atoms with Crippen LogP contribution < -0.4 is 9.64 Å². The number of carbonyl (C=O) groups is 2. The molecule has 0 aromatic heterocycles. The highest BCUT2D eigenvalue weighted by atomic mass is 16.5. The fraction of sp³-hybridized carbons (Fsp3) is 0.579. The summed E-state index contributed by atoms with van der Waals surface area (Å²) in [6.45, 7) is 6.94. The van der Waals surface area contributed by atoms with Crippen molar-refractivity contribution in [2.24, 2.45) is 11.8 Å². The van der Waals surface area contributed by atoms with Crippen LogP contribution in [0.15, 0.2) is 24.3 Å². The molecular weight excluding hydrogens is 304 g/mol. The van der Waals surface area contributed by atoms with Crippen LogP contribution in [-0.4, -0.2) is 43.0 Å². The smallest absolute Gasteiger partial charge is 0.314 e. The number of esters is 1. The lowest BCUT2D eigenvalue weighted by Crippen LogP contribution is -2.48. The Morgan fingerprint density at radius 1 is 1.12 bits per heavy atom. The predicted molar refractivity (Wildman–Crippen MR) is 93.0 cm³/mol. The fourth-order valence-corrected chi connectivity index (χ4v) is 3.42. The van der Waals surface area contributed by atoms with Gasteiger partial charge in [-0.15, -0.1) is 0 Å². The van der Waals surface area contributed by atoms with E-state index in [1.54, 1.807) is 6.92 Å². The maximum atomic E-state index is 12.1. The topological polar surface area (TPSA) is 49.9 Å². The summed E-state index contributed by atoms with van der Waals surface area (Å²) >= 11 is 0. The van der Waals surface area contributed by atoms with Gasteiger partial charge in [0.15, 0.2) is 0 Å². The van der Waals surface area contributed by atoms with Gasteiger partial charge in [0.25, 0.3) is 0 Å². The zero-order chi connectivity index (χ0) is 17.1. The number of rotatable bonds is 5. The molecule has 0 bridgehead atoms. The Balaban J connectivity index is 1.51. The van der Waals surface area contributed by atoms with Gasteiger partial charge >= 0.3 is 5.97 Å². The molecule has 5 nitrogen and oxygen atoms in total. The molecule has 1 saturated heterocycles. The van der Waals surface area contributed by atoms with Gasteiger partial charge in [-0.1, -0.05) is 13.3 Å². The highest BCUT2D eigenvalue weighted by Gasteiger charge is 2.43. The van der Waals surface area contributed by atoms with Crippen LogP contribution >= 0.6 is 0 Å². The van der Waals surface area contributed by atoms with Crippen LogP contribution in [0.5, 0.6) is 5.75 Å². The molecular formula is C19H26N2O3. The number of carbonyl (C=O) groups excluding carboxylic acids is 2. The molecule has 1 heterocycles. The maximum absolute atomic E-state index is 12.1. The summed E-state index contributed by atoms with van der Waals surface area (Å²) in [7, 11) is 0. The lowest BCUT2D eigenvalue weighted by Gasteiger charge is -2.35. The van der Waals surface area contributed by atoms with E-state index in [1.165, 1.54) is 0 Å². The maximum Gasteiger partial charge on any atom is 0.314 e. The molecule has 3 rings (SSSR count). The highest BCUT2D eigenvalue weighted by molar-refractivity contribution is 5.78. The van der Waals surface area contributed by atoms with Crippen LogP contribution in [0.25, 0.3) is 0 Å². The highest BCUT2D eigenvalue weighted by Crippen LogP contribution is 2.43. The van der Waals surface area contributed by atoms with Crippen LogP contribution in [0.3, 0.4) is 0 Å². The molecule has 1 aliphatic heterocycles. The molecule has 1 amide bonds. The molecule has 0 N–H and O–H groups in total. The van der Waals surface area contributed by atoms with E-state index in [2.05, 4.69) is 11.8 Å².